The monoisotopic (exact) mass is 500 g/mol. The van der Waals surface area contributed by atoms with Crippen molar-refractivity contribution in [3.63, 3.8) is 0 Å². The molecule has 0 saturated carbocycles. The topological polar surface area (TPSA) is 143 Å². The summed E-state index contributed by atoms with van der Waals surface area (Å²) in [6.07, 6.45) is -1.34. The molecule has 2 N–H and O–H groups in total. The van der Waals surface area contributed by atoms with Gasteiger partial charge in [0.15, 0.2) is 11.5 Å². The van der Waals surface area contributed by atoms with E-state index in [1.165, 1.54) is 18.5 Å². The van der Waals surface area contributed by atoms with Crippen LogP contribution in [0.1, 0.15) is 12.0 Å². The summed E-state index contributed by atoms with van der Waals surface area (Å²) in [6.45, 7) is -0.202. The van der Waals surface area contributed by atoms with Crippen LogP contribution in [0.2, 0.25) is 0 Å². The third kappa shape index (κ3) is 6.57. The molecule has 3 aromatic heterocycles. The van der Waals surface area contributed by atoms with E-state index in [4.69, 9.17) is 0 Å². The van der Waals surface area contributed by atoms with E-state index in [0.717, 1.165) is 12.1 Å². The van der Waals surface area contributed by atoms with E-state index in [9.17, 15) is 27.5 Å². The molecule has 0 bridgehead atoms. The van der Waals surface area contributed by atoms with Crippen LogP contribution in [0.4, 0.5) is 19.0 Å². The Labute approximate surface area is 229 Å². The number of hydrogen-bond acceptors (Lipinski definition) is 8. The van der Waals surface area contributed by atoms with Gasteiger partial charge in [0.05, 0.1) is 48.6 Å². The summed E-state index contributed by atoms with van der Waals surface area (Å²) in [6, 6.07) is 4.91. The van der Waals surface area contributed by atoms with Gasteiger partial charge in [-0.05, 0) is 30.7 Å². The van der Waals surface area contributed by atoms with Crippen LogP contribution in [0.3, 0.4) is 0 Å². The van der Waals surface area contributed by atoms with Crippen molar-refractivity contribution in [1.29, 1.82) is 0 Å². The third-order valence-electron chi connectivity index (χ3n) is 4.39. The minimum absolute atomic E-state index is 0. The number of anilines is 1. The van der Waals surface area contributed by atoms with Gasteiger partial charge in [0.2, 0.25) is 0 Å². The Morgan fingerprint density at radius 2 is 1.97 bits per heavy atom. The fourth-order valence-corrected chi connectivity index (χ4v) is 3.43. The minimum Gasteiger partial charge on any atom is -0.790 e. The summed E-state index contributed by atoms with van der Waals surface area (Å²) in [7, 11) is -5.07. The van der Waals surface area contributed by atoms with Crippen molar-refractivity contribution in [3.8, 4) is 11.4 Å². The number of nitrogens with zero attached hydrogens (tertiary/aromatic N) is 4. The molecule has 0 aliphatic heterocycles. The Morgan fingerprint density at radius 3 is 2.61 bits per heavy atom. The van der Waals surface area contributed by atoms with Gasteiger partial charge >= 0.3 is 65.3 Å². The fourth-order valence-electron chi connectivity index (χ4n) is 3.07. The Kier molecular flexibility index (Phi) is 9.56. The molecular weight excluding hydrogens is 486 g/mol. The Morgan fingerprint density at radius 1 is 1.21 bits per heavy atom. The van der Waals surface area contributed by atoms with Crippen LogP contribution in [0.15, 0.2) is 36.7 Å². The number of halogens is 3. The second-order valence-corrected chi connectivity index (χ2v) is 7.65. The summed E-state index contributed by atoms with van der Waals surface area (Å²) < 4.78 is 55.9. The maximum absolute atomic E-state index is 13.2. The molecule has 0 aliphatic rings. The van der Waals surface area contributed by atoms with Gasteiger partial charge in [0.25, 0.3) is 0 Å². The molecule has 164 valence electrons. The molecule has 0 fully saturated rings. The van der Waals surface area contributed by atoms with E-state index in [-0.39, 0.29) is 90.0 Å². The Balaban J connectivity index is 0.00000193. The van der Waals surface area contributed by atoms with Crippen molar-refractivity contribution < 1.29 is 91.2 Å². The summed E-state index contributed by atoms with van der Waals surface area (Å²) in [5, 5.41) is 9.59. The minimum atomic E-state index is -5.07. The molecular formula is C17H14F3N6Na2O4P. The summed E-state index contributed by atoms with van der Waals surface area (Å²) in [4.78, 5) is 29.6. The number of aromatic amines is 1. The second-order valence-electron chi connectivity index (χ2n) is 6.50. The van der Waals surface area contributed by atoms with Crippen LogP contribution in [0.25, 0.3) is 28.1 Å². The molecule has 4 rings (SSSR count). The van der Waals surface area contributed by atoms with Crippen molar-refractivity contribution in [3.05, 3.63) is 42.2 Å². The molecule has 0 spiro atoms. The van der Waals surface area contributed by atoms with Crippen LogP contribution in [-0.2, 0) is 15.3 Å². The number of alkyl halides is 3. The number of imidazole rings is 1. The van der Waals surface area contributed by atoms with Gasteiger partial charge < -0.3 is 24.2 Å². The van der Waals surface area contributed by atoms with Gasteiger partial charge in [0, 0.05) is 12.7 Å². The van der Waals surface area contributed by atoms with E-state index in [1.807, 2.05) is 0 Å². The summed E-state index contributed by atoms with van der Waals surface area (Å²) >= 11 is 0. The molecule has 16 heteroatoms. The van der Waals surface area contributed by atoms with Crippen molar-refractivity contribution in [2.75, 3.05) is 18.5 Å². The first kappa shape index (κ1) is 28.2. The smallest absolute Gasteiger partial charge is 0.790 e. The first-order valence-electron chi connectivity index (χ1n) is 8.92. The number of H-pyrrole nitrogens is 1. The zero-order valence-corrected chi connectivity index (χ0v) is 22.5. The molecule has 0 atom stereocenters. The molecule has 4 aromatic rings. The van der Waals surface area contributed by atoms with Crippen molar-refractivity contribution >= 4 is 30.3 Å². The normalized spacial score (nSPS) is 11.9. The first-order valence-corrected chi connectivity index (χ1v) is 10.4. The molecule has 0 amide bonds. The average Bonchev–Trinajstić information content (AvgIpc) is 3.35. The average molecular weight is 500 g/mol. The molecule has 0 saturated heterocycles. The van der Waals surface area contributed by atoms with Gasteiger partial charge in [-0.3, -0.25) is 9.50 Å². The van der Waals surface area contributed by atoms with E-state index in [1.54, 1.807) is 10.5 Å². The number of hydrogen-bond donors (Lipinski definition) is 2. The van der Waals surface area contributed by atoms with Gasteiger partial charge in [0.1, 0.15) is 0 Å². The standard InChI is InChI=1S/C17H16F3N6O4P.2Na/c18-17(19,20)10-2-3-13-12(8-10)24-15(21-5-1-7-30-31(27,28)29)16-22-9-14(26(13)16)11-4-6-23-25-11;;/h2-4,6,8-9H,1,5,7H2,(H,21,24)(H,23,25)(H2,27,28,29);;/q;2*+1/p-2. The Hall–Kier alpha value is -0.990. The van der Waals surface area contributed by atoms with Gasteiger partial charge in [-0.1, -0.05) is 0 Å². The third-order valence-corrected chi connectivity index (χ3v) is 4.89. The van der Waals surface area contributed by atoms with Crippen LogP contribution in [0.5, 0.6) is 0 Å². The van der Waals surface area contributed by atoms with Gasteiger partial charge in [-0.2, -0.15) is 18.3 Å². The summed E-state index contributed by atoms with van der Waals surface area (Å²) in [5.41, 5.74) is 1.12. The van der Waals surface area contributed by atoms with E-state index in [0.29, 0.717) is 22.6 Å². The van der Waals surface area contributed by atoms with Crippen molar-refractivity contribution in [2.45, 2.75) is 12.6 Å². The number of aromatic nitrogens is 5. The van der Waals surface area contributed by atoms with E-state index >= 15 is 0 Å². The molecule has 0 aliphatic carbocycles. The molecule has 0 radical (unpaired) electrons. The van der Waals surface area contributed by atoms with Crippen LogP contribution in [-0.4, -0.2) is 37.7 Å². The number of phosphoric acid groups is 1. The van der Waals surface area contributed by atoms with Crippen molar-refractivity contribution in [2.24, 2.45) is 0 Å². The number of nitrogens with one attached hydrogen (secondary N) is 2. The fraction of sp³-hybridized carbons (Fsp3) is 0.235. The maximum atomic E-state index is 13.2. The molecule has 0 unspecified atom stereocenters. The zero-order chi connectivity index (χ0) is 22.2. The van der Waals surface area contributed by atoms with Crippen LogP contribution in [0, 0.1) is 0 Å². The number of benzene rings is 1. The number of phosphoric ester groups is 1. The molecule has 3 heterocycles. The van der Waals surface area contributed by atoms with Gasteiger partial charge in [-0.15, -0.1) is 0 Å². The quantitative estimate of drug-likeness (QED) is 0.148. The second kappa shape index (κ2) is 11.2. The van der Waals surface area contributed by atoms with Crippen LogP contribution >= 0.6 is 7.82 Å². The summed E-state index contributed by atoms with van der Waals surface area (Å²) in [5.74, 6) is 0.185. The van der Waals surface area contributed by atoms with E-state index < -0.39 is 19.6 Å². The predicted molar refractivity (Wildman–Crippen MR) is 99.7 cm³/mol. The Bertz CT molecular complexity index is 1280. The van der Waals surface area contributed by atoms with E-state index in [2.05, 4.69) is 30.0 Å². The maximum Gasteiger partial charge on any atom is 1.00 e. The molecule has 1 aromatic carbocycles. The largest absolute Gasteiger partial charge is 1.00 e. The zero-order valence-electron chi connectivity index (χ0n) is 17.6. The SMILES string of the molecule is O=P([O-])([O-])OCCCNc1nc2cc(C(F)(F)F)ccc2n2c(-c3ccn[nH]3)cnc12.[Na+].[Na+]. The predicted octanol–water partition coefficient (Wildman–Crippen LogP) is -4.05. The molecule has 33 heavy (non-hydrogen) atoms. The van der Waals surface area contributed by atoms with Gasteiger partial charge in [-0.25, -0.2) is 9.97 Å². The first-order chi connectivity index (χ1) is 14.6. The molecule has 10 nitrogen and oxygen atoms in total. The van der Waals surface area contributed by atoms with Crippen LogP contribution < -0.4 is 74.2 Å². The number of rotatable bonds is 7. The van der Waals surface area contributed by atoms with Crippen molar-refractivity contribution in [1.82, 2.24) is 24.6 Å². The number of fused-ring (bicyclic) bond motifs is 3.